The SMILES string of the molecule is CN(C(=O)C(=O)c1cn(Cc2ccccc2Cl)c2ccccc12)c1ccccc1. The van der Waals surface area contributed by atoms with Crippen LogP contribution in [0, 0.1) is 0 Å². The molecule has 0 bridgehead atoms. The third-order valence-electron chi connectivity index (χ3n) is 4.97. The zero-order valence-corrected chi connectivity index (χ0v) is 16.6. The molecule has 4 nitrogen and oxygen atoms in total. The van der Waals surface area contributed by atoms with Crippen LogP contribution in [-0.2, 0) is 11.3 Å². The van der Waals surface area contributed by atoms with Gasteiger partial charge in [-0.15, -0.1) is 0 Å². The van der Waals surface area contributed by atoms with E-state index in [0.29, 0.717) is 22.8 Å². The number of hydrogen-bond donors (Lipinski definition) is 0. The number of benzene rings is 3. The smallest absolute Gasteiger partial charge is 0.299 e. The summed E-state index contributed by atoms with van der Waals surface area (Å²) in [6.07, 6.45) is 1.74. The molecule has 0 saturated heterocycles. The Balaban J connectivity index is 1.72. The fourth-order valence-corrected chi connectivity index (χ4v) is 3.60. The van der Waals surface area contributed by atoms with Gasteiger partial charge in [-0.2, -0.15) is 0 Å². The normalized spacial score (nSPS) is 10.8. The summed E-state index contributed by atoms with van der Waals surface area (Å²) in [6.45, 7) is 0.510. The summed E-state index contributed by atoms with van der Waals surface area (Å²) >= 11 is 6.31. The van der Waals surface area contributed by atoms with Crippen LogP contribution in [0.25, 0.3) is 10.9 Å². The molecule has 4 aromatic rings. The van der Waals surface area contributed by atoms with Crippen LogP contribution < -0.4 is 4.90 Å². The summed E-state index contributed by atoms with van der Waals surface area (Å²) in [6, 6.07) is 24.3. The molecule has 0 fully saturated rings. The standard InChI is InChI=1S/C24H19ClN2O2/c1-26(18-10-3-2-4-11-18)24(29)23(28)20-16-27(22-14-8-6-12-19(20)22)15-17-9-5-7-13-21(17)25/h2-14,16H,15H2,1H3. The molecule has 0 radical (unpaired) electrons. The molecule has 1 amide bonds. The lowest BCUT2D eigenvalue weighted by molar-refractivity contribution is -0.114. The molecule has 5 heteroatoms. The molecule has 144 valence electrons. The number of rotatable bonds is 5. The van der Waals surface area contributed by atoms with E-state index < -0.39 is 11.7 Å². The zero-order chi connectivity index (χ0) is 20.4. The van der Waals surface area contributed by atoms with Crippen LogP contribution in [0.4, 0.5) is 5.69 Å². The number of hydrogen-bond acceptors (Lipinski definition) is 2. The first-order valence-electron chi connectivity index (χ1n) is 9.25. The number of amides is 1. The second-order valence-electron chi connectivity index (χ2n) is 6.81. The van der Waals surface area contributed by atoms with E-state index in [1.165, 1.54) is 4.90 Å². The van der Waals surface area contributed by atoms with Crippen LogP contribution in [0.5, 0.6) is 0 Å². The topological polar surface area (TPSA) is 42.3 Å². The van der Waals surface area contributed by atoms with Gasteiger partial charge in [-0.25, -0.2) is 0 Å². The Morgan fingerprint density at radius 2 is 1.55 bits per heavy atom. The summed E-state index contributed by atoms with van der Waals surface area (Å²) in [4.78, 5) is 27.3. The van der Waals surface area contributed by atoms with E-state index in [2.05, 4.69) is 0 Å². The highest BCUT2D eigenvalue weighted by Crippen LogP contribution is 2.25. The number of halogens is 1. The Morgan fingerprint density at radius 1 is 0.897 bits per heavy atom. The lowest BCUT2D eigenvalue weighted by Gasteiger charge is -2.15. The van der Waals surface area contributed by atoms with E-state index >= 15 is 0 Å². The van der Waals surface area contributed by atoms with Crippen LogP contribution in [-0.4, -0.2) is 23.3 Å². The predicted octanol–water partition coefficient (Wildman–Crippen LogP) is 5.19. The van der Waals surface area contributed by atoms with Gasteiger partial charge in [0.05, 0.1) is 5.56 Å². The molecule has 0 aliphatic carbocycles. The van der Waals surface area contributed by atoms with E-state index in [4.69, 9.17) is 11.6 Å². The molecule has 0 aliphatic rings. The van der Waals surface area contributed by atoms with Crippen molar-refractivity contribution in [2.24, 2.45) is 0 Å². The summed E-state index contributed by atoms with van der Waals surface area (Å²) in [5.74, 6) is -1.11. The average Bonchev–Trinajstić information content (AvgIpc) is 3.13. The van der Waals surface area contributed by atoms with Crippen LogP contribution in [0.15, 0.2) is 85.1 Å². The Kier molecular flexibility index (Phi) is 5.19. The van der Waals surface area contributed by atoms with Gasteiger partial charge in [0, 0.05) is 41.4 Å². The van der Waals surface area contributed by atoms with Crippen molar-refractivity contribution in [1.82, 2.24) is 4.57 Å². The molecule has 0 unspecified atom stereocenters. The lowest BCUT2D eigenvalue weighted by Crippen LogP contribution is -2.33. The number of carbonyl (C=O) groups excluding carboxylic acids is 2. The van der Waals surface area contributed by atoms with E-state index in [1.54, 1.807) is 25.4 Å². The fraction of sp³-hybridized carbons (Fsp3) is 0.0833. The first-order chi connectivity index (χ1) is 14.1. The van der Waals surface area contributed by atoms with Gasteiger partial charge in [0.2, 0.25) is 0 Å². The molecule has 0 atom stereocenters. The van der Waals surface area contributed by atoms with Gasteiger partial charge < -0.3 is 9.47 Å². The molecule has 1 aromatic heterocycles. The Labute approximate surface area is 173 Å². The van der Waals surface area contributed by atoms with Gasteiger partial charge >= 0.3 is 0 Å². The molecule has 29 heavy (non-hydrogen) atoms. The Bertz CT molecular complexity index is 1200. The lowest BCUT2D eigenvalue weighted by atomic mass is 10.1. The fourth-order valence-electron chi connectivity index (χ4n) is 3.41. The second kappa shape index (κ2) is 7.94. The van der Waals surface area contributed by atoms with E-state index in [-0.39, 0.29) is 0 Å². The Morgan fingerprint density at radius 3 is 2.31 bits per heavy atom. The highest BCUT2D eigenvalue weighted by molar-refractivity contribution is 6.48. The minimum absolute atomic E-state index is 0.389. The molecule has 0 aliphatic heterocycles. The molecule has 0 saturated carbocycles. The average molecular weight is 403 g/mol. The van der Waals surface area contributed by atoms with Gasteiger partial charge in [0.25, 0.3) is 11.7 Å². The monoisotopic (exact) mass is 402 g/mol. The van der Waals surface area contributed by atoms with E-state index in [1.807, 2.05) is 71.3 Å². The highest BCUT2D eigenvalue weighted by Gasteiger charge is 2.25. The number of anilines is 1. The molecule has 1 heterocycles. The second-order valence-corrected chi connectivity index (χ2v) is 7.22. The van der Waals surface area contributed by atoms with Gasteiger partial charge in [0.15, 0.2) is 0 Å². The van der Waals surface area contributed by atoms with Gasteiger partial charge in [0.1, 0.15) is 0 Å². The molecular weight excluding hydrogens is 384 g/mol. The first kappa shape index (κ1) is 19.0. The summed E-state index contributed by atoms with van der Waals surface area (Å²) in [7, 11) is 1.61. The number of likely N-dealkylation sites (N-methyl/N-ethyl adjacent to an activating group) is 1. The van der Waals surface area contributed by atoms with Gasteiger partial charge in [-0.3, -0.25) is 9.59 Å². The number of carbonyl (C=O) groups is 2. The first-order valence-corrected chi connectivity index (χ1v) is 9.63. The van der Waals surface area contributed by atoms with Crippen molar-refractivity contribution in [2.45, 2.75) is 6.54 Å². The molecule has 4 rings (SSSR count). The highest BCUT2D eigenvalue weighted by atomic mass is 35.5. The number of aromatic nitrogens is 1. The van der Waals surface area contributed by atoms with Crippen LogP contribution in [0.1, 0.15) is 15.9 Å². The summed E-state index contributed by atoms with van der Waals surface area (Å²) < 4.78 is 1.96. The molecule has 3 aromatic carbocycles. The number of nitrogens with zero attached hydrogens (tertiary/aromatic N) is 2. The van der Waals surface area contributed by atoms with Crippen molar-refractivity contribution in [3.8, 4) is 0 Å². The van der Waals surface area contributed by atoms with Crippen LogP contribution >= 0.6 is 11.6 Å². The number of para-hydroxylation sites is 2. The number of Topliss-reactive ketones (excluding diaryl/α,β-unsaturated/α-hetero) is 1. The van der Waals surface area contributed by atoms with Crippen molar-refractivity contribution in [3.05, 3.63) is 101 Å². The molecular formula is C24H19ClN2O2. The van der Waals surface area contributed by atoms with Crippen molar-refractivity contribution in [3.63, 3.8) is 0 Å². The van der Waals surface area contributed by atoms with Crippen molar-refractivity contribution in [1.29, 1.82) is 0 Å². The van der Waals surface area contributed by atoms with Crippen molar-refractivity contribution in [2.75, 3.05) is 11.9 Å². The third-order valence-corrected chi connectivity index (χ3v) is 5.34. The predicted molar refractivity (Wildman–Crippen MR) is 117 cm³/mol. The van der Waals surface area contributed by atoms with Crippen molar-refractivity contribution >= 4 is 39.9 Å². The molecule has 0 spiro atoms. The minimum Gasteiger partial charge on any atom is -0.342 e. The number of fused-ring (bicyclic) bond motifs is 1. The maximum Gasteiger partial charge on any atom is 0.299 e. The summed E-state index contributed by atoms with van der Waals surface area (Å²) in [5, 5.41) is 1.41. The van der Waals surface area contributed by atoms with Crippen LogP contribution in [0.3, 0.4) is 0 Å². The van der Waals surface area contributed by atoms with Crippen molar-refractivity contribution < 1.29 is 9.59 Å². The maximum absolute atomic E-state index is 13.1. The summed E-state index contributed by atoms with van der Waals surface area (Å²) in [5.41, 5.74) is 2.89. The van der Waals surface area contributed by atoms with E-state index in [0.717, 1.165) is 16.5 Å². The maximum atomic E-state index is 13.1. The quantitative estimate of drug-likeness (QED) is 0.340. The van der Waals surface area contributed by atoms with E-state index in [9.17, 15) is 9.59 Å². The largest absolute Gasteiger partial charge is 0.342 e. The third kappa shape index (κ3) is 3.67. The molecule has 0 N–H and O–H groups in total. The zero-order valence-electron chi connectivity index (χ0n) is 15.9. The minimum atomic E-state index is -0.572. The van der Waals surface area contributed by atoms with Crippen LogP contribution in [0.2, 0.25) is 5.02 Å². The Hall–Kier alpha value is -3.37. The number of ketones is 1. The van der Waals surface area contributed by atoms with Gasteiger partial charge in [-0.1, -0.05) is 66.2 Å². The van der Waals surface area contributed by atoms with Gasteiger partial charge in [-0.05, 0) is 29.8 Å².